The van der Waals surface area contributed by atoms with E-state index in [9.17, 15) is 9.50 Å². The molecule has 4 aromatic rings. The second-order valence-electron chi connectivity index (χ2n) is 10.2. The maximum Gasteiger partial charge on any atom is 0.157 e. The Labute approximate surface area is 208 Å². The normalized spacial score (nSPS) is 16.3. The molecular weight excluding hydrogens is 457 g/mol. The molecule has 0 amide bonds. The van der Waals surface area contributed by atoms with Crippen LogP contribution in [0.25, 0.3) is 28.1 Å². The Morgan fingerprint density at radius 1 is 1.14 bits per heavy atom. The number of nitrogen functional groups attached to an aromatic ring is 1. The summed E-state index contributed by atoms with van der Waals surface area (Å²) < 4.78 is 17.3. The van der Waals surface area contributed by atoms with E-state index in [1.54, 1.807) is 29.1 Å². The Balaban J connectivity index is 1.50. The second-order valence-corrected chi connectivity index (χ2v) is 10.2. The Morgan fingerprint density at radius 3 is 2.58 bits per heavy atom. The van der Waals surface area contributed by atoms with Gasteiger partial charge < -0.3 is 15.8 Å². The van der Waals surface area contributed by atoms with Crippen LogP contribution in [0.4, 0.5) is 10.2 Å². The van der Waals surface area contributed by atoms with E-state index in [-0.39, 0.29) is 5.82 Å². The van der Waals surface area contributed by atoms with Gasteiger partial charge in [-0.1, -0.05) is 0 Å². The summed E-state index contributed by atoms with van der Waals surface area (Å²) in [5.74, 6) is 1.29. The third-order valence-corrected chi connectivity index (χ3v) is 7.22. The molecule has 0 saturated heterocycles. The van der Waals surface area contributed by atoms with E-state index in [0.717, 1.165) is 58.6 Å². The van der Waals surface area contributed by atoms with E-state index in [4.69, 9.17) is 20.9 Å². The fourth-order valence-corrected chi connectivity index (χ4v) is 4.72. The molecule has 0 bridgehead atoms. The van der Waals surface area contributed by atoms with Crippen molar-refractivity contribution in [2.45, 2.75) is 58.1 Å². The second kappa shape index (κ2) is 8.44. The fraction of sp³-hybridized carbons (Fsp3) is 0.370. The molecule has 9 heteroatoms. The lowest BCUT2D eigenvalue weighted by Gasteiger charge is -2.08. The Morgan fingerprint density at radius 2 is 1.89 bits per heavy atom. The summed E-state index contributed by atoms with van der Waals surface area (Å²) in [6, 6.07) is 10.0. The van der Waals surface area contributed by atoms with E-state index in [0.29, 0.717) is 24.0 Å². The molecule has 36 heavy (non-hydrogen) atoms. The van der Waals surface area contributed by atoms with Gasteiger partial charge in [0.15, 0.2) is 5.82 Å². The molecule has 0 unspecified atom stereocenters. The highest BCUT2D eigenvalue weighted by Crippen LogP contribution is 2.39. The molecule has 2 aliphatic rings. The van der Waals surface area contributed by atoms with Crippen molar-refractivity contribution in [1.29, 1.82) is 0 Å². The zero-order valence-electron chi connectivity index (χ0n) is 20.5. The third-order valence-electron chi connectivity index (χ3n) is 7.22. The van der Waals surface area contributed by atoms with Crippen LogP contribution in [0.3, 0.4) is 0 Å². The van der Waals surface area contributed by atoms with Gasteiger partial charge in [-0.2, -0.15) is 10.2 Å². The molecule has 8 nitrogen and oxygen atoms in total. The van der Waals surface area contributed by atoms with Crippen LogP contribution in [0.15, 0.2) is 42.6 Å². The van der Waals surface area contributed by atoms with Crippen molar-refractivity contribution in [3.63, 3.8) is 0 Å². The summed E-state index contributed by atoms with van der Waals surface area (Å²) in [7, 11) is 0. The quantitative estimate of drug-likeness (QED) is 0.370. The van der Waals surface area contributed by atoms with Gasteiger partial charge in [0.05, 0.1) is 11.3 Å². The number of benzene rings is 1. The largest absolute Gasteiger partial charge is 0.390 e. The van der Waals surface area contributed by atoms with E-state index < -0.39 is 5.60 Å². The van der Waals surface area contributed by atoms with Crippen molar-refractivity contribution >= 4 is 16.9 Å². The van der Waals surface area contributed by atoms with Crippen molar-refractivity contribution in [1.82, 2.24) is 29.5 Å². The van der Waals surface area contributed by atoms with E-state index in [1.165, 1.54) is 25.0 Å². The molecule has 6 rings (SSSR count). The molecule has 186 valence electrons. The minimum atomic E-state index is -0.605. The SMILES string of the molecule is Cc1nn(-c2cc(N)[nH]c3c(ccn2)c(-c2ccc(F)cc2)nn3CC2CC2)c(C)c1CC1(O)CC1. The minimum Gasteiger partial charge on any atom is -0.390 e. The maximum absolute atomic E-state index is 13.6. The van der Waals surface area contributed by atoms with Crippen molar-refractivity contribution in [3.05, 3.63) is 65.4 Å². The number of aromatic amines is 1. The summed E-state index contributed by atoms with van der Waals surface area (Å²) in [6.07, 6.45) is 6.34. The molecule has 4 N–H and O–H groups in total. The summed E-state index contributed by atoms with van der Waals surface area (Å²) in [4.78, 5) is 8.05. The molecule has 2 aliphatic carbocycles. The Bertz CT molecular complexity index is 1510. The van der Waals surface area contributed by atoms with Crippen molar-refractivity contribution in [3.8, 4) is 17.1 Å². The molecule has 0 aliphatic heterocycles. The van der Waals surface area contributed by atoms with Gasteiger partial charge in [-0.25, -0.2) is 18.7 Å². The fourth-order valence-electron chi connectivity index (χ4n) is 4.72. The number of anilines is 1. The molecule has 0 atom stereocenters. The predicted molar refractivity (Wildman–Crippen MR) is 137 cm³/mol. The van der Waals surface area contributed by atoms with Gasteiger partial charge in [0, 0.05) is 41.9 Å². The molecule has 1 aromatic carbocycles. The zero-order chi connectivity index (χ0) is 25.0. The van der Waals surface area contributed by atoms with E-state index >= 15 is 0 Å². The standard InChI is InChI=1S/C27H30FN7O/c1-16-22(14-27(36)10-11-27)17(2)35(32-16)24-13-23(29)31-26-21(9-12-30-24)25(19-5-7-20(28)8-6-19)33-34(26)15-18-3-4-18/h5-9,12-13,18,31,36H,3-4,10-11,14-15,29H2,1-2H3. The molecule has 3 heterocycles. The monoisotopic (exact) mass is 487 g/mol. The van der Waals surface area contributed by atoms with Crippen LogP contribution in [-0.4, -0.2) is 40.2 Å². The molecule has 2 fully saturated rings. The van der Waals surface area contributed by atoms with Gasteiger partial charge in [-0.15, -0.1) is 0 Å². The average Bonchev–Trinajstić information content (AvgIpc) is 3.75. The van der Waals surface area contributed by atoms with Crippen LogP contribution in [0, 0.1) is 25.6 Å². The number of aromatic nitrogens is 6. The number of nitrogens with one attached hydrogen (secondary N) is 1. The van der Waals surface area contributed by atoms with Crippen LogP contribution in [-0.2, 0) is 13.0 Å². The van der Waals surface area contributed by atoms with Crippen LogP contribution in [0.2, 0.25) is 0 Å². The highest BCUT2D eigenvalue weighted by atomic mass is 19.1. The number of halogens is 1. The number of aryl methyl sites for hydroxylation is 1. The Hall–Kier alpha value is -3.72. The van der Waals surface area contributed by atoms with Crippen LogP contribution in [0.1, 0.15) is 42.6 Å². The zero-order valence-corrected chi connectivity index (χ0v) is 20.5. The smallest absolute Gasteiger partial charge is 0.157 e. The van der Waals surface area contributed by atoms with Crippen LogP contribution < -0.4 is 5.73 Å². The minimum absolute atomic E-state index is 0.288. The van der Waals surface area contributed by atoms with Gasteiger partial charge in [0.25, 0.3) is 0 Å². The van der Waals surface area contributed by atoms with E-state index in [1.807, 2.05) is 24.6 Å². The van der Waals surface area contributed by atoms with Crippen molar-refractivity contribution in [2.24, 2.45) is 5.92 Å². The van der Waals surface area contributed by atoms with Gasteiger partial charge in [-0.3, -0.25) is 0 Å². The first-order valence-corrected chi connectivity index (χ1v) is 12.4. The first kappa shape index (κ1) is 22.7. The van der Waals surface area contributed by atoms with Gasteiger partial charge in [0.1, 0.15) is 23.0 Å². The van der Waals surface area contributed by atoms with Gasteiger partial charge >= 0.3 is 0 Å². The van der Waals surface area contributed by atoms with Crippen LogP contribution >= 0.6 is 0 Å². The lowest BCUT2D eigenvalue weighted by Crippen LogP contribution is -2.12. The number of aliphatic hydroxyl groups is 1. The molecule has 3 aromatic heterocycles. The van der Waals surface area contributed by atoms with Crippen LogP contribution in [0.5, 0.6) is 0 Å². The molecular formula is C27H30FN7O. The number of nitrogens with two attached hydrogens (primary N) is 1. The lowest BCUT2D eigenvalue weighted by atomic mass is 10.0. The average molecular weight is 488 g/mol. The summed E-state index contributed by atoms with van der Waals surface area (Å²) >= 11 is 0. The number of rotatable bonds is 6. The molecule has 2 saturated carbocycles. The number of H-pyrrole nitrogens is 1. The Kier molecular flexibility index (Phi) is 5.33. The topological polar surface area (TPSA) is 111 Å². The first-order valence-electron chi connectivity index (χ1n) is 12.4. The van der Waals surface area contributed by atoms with Crippen molar-refractivity contribution in [2.75, 3.05) is 5.73 Å². The first-order chi connectivity index (χ1) is 17.3. The number of hydrogen-bond donors (Lipinski definition) is 3. The van der Waals surface area contributed by atoms with Gasteiger partial charge in [-0.05, 0) is 81.3 Å². The summed E-state index contributed by atoms with van der Waals surface area (Å²) in [6.45, 7) is 4.74. The summed E-state index contributed by atoms with van der Waals surface area (Å²) in [5, 5.41) is 20.9. The lowest BCUT2D eigenvalue weighted by molar-refractivity contribution is 0.150. The van der Waals surface area contributed by atoms with Crippen molar-refractivity contribution < 1.29 is 9.50 Å². The predicted octanol–water partition coefficient (Wildman–Crippen LogP) is 4.55. The number of hydrogen-bond acceptors (Lipinski definition) is 5. The highest BCUT2D eigenvalue weighted by Gasteiger charge is 2.41. The number of nitrogens with zero attached hydrogens (tertiary/aromatic N) is 5. The highest BCUT2D eigenvalue weighted by molar-refractivity contribution is 5.91. The summed E-state index contributed by atoms with van der Waals surface area (Å²) in [5.41, 5.74) is 11.1. The third kappa shape index (κ3) is 4.35. The molecule has 0 spiro atoms. The van der Waals surface area contributed by atoms with Gasteiger partial charge in [0.2, 0.25) is 0 Å². The van der Waals surface area contributed by atoms with E-state index in [2.05, 4.69) is 4.98 Å². The molecule has 0 radical (unpaired) electrons. The maximum atomic E-state index is 13.6. The number of fused-ring (bicyclic) bond motifs is 1.